The van der Waals surface area contributed by atoms with Crippen LogP contribution in [0.3, 0.4) is 0 Å². The standard InChI is InChI=1S/C14H15BrFNO2/c1-3-18-14(19-4-2)11-8-9-7-10(15)5-6-12(9)17-13(11)16/h5-8,14H,3-4H2,1-2H3. The maximum absolute atomic E-state index is 14.0. The first kappa shape index (κ1) is 14.4. The van der Waals surface area contributed by atoms with E-state index in [4.69, 9.17) is 9.47 Å². The van der Waals surface area contributed by atoms with Crippen molar-refractivity contribution in [1.29, 1.82) is 0 Å². The Morgan fingerprint density at radius 1 is 1.21 bits per heavy atom. The predicted octanol–water partition coefficient (Wildman–Crippen LogP) is 4.21. The van der Waals surface area contributed by atoms with E-state index < -0.39 is 12.2 Å². The van der Waals surface area contributed by atoms with Gasteiger partial charge in [0.05, 0.1) is 11.1 Å². The van der Waals surface area contributed by atoms with Gasteiger partial charge in [-0.2, -0.15) is 4.39 Å². The normalized spacial score (nSPS) is 11.4. The first-order valence-electron chi connectivity index (χ1n) is 6.14. The molecule has 0 bridgehead atoms. The van der Waals surface area contributed by atoms with E-state index in [1.54, 1.807) is 12.1 Å². The molecular formula is C14H15BrFNO2. The molecule has 0 radical (unpaired) electrons. The van der Waals surface area contributed by atoms with Gasteiger partial charge >= 0.3 is 0 Å². The number of benzene rings is 1. The van der Waals surface area contributed by atoms with E-state index in [1.807, 2.05) is 26.0 Å². The minimum absolute atomic E-state index is 0.328. The van der Waals surface area contributed by atoms with Gasteiger partial charge in [0.1, 0.15) is 0 Å². The molecule has 2 aromatic rings. The highest BCUT2D eigenvalue weighted by Gasteiger charge is 2.18. The molecule has 0 atom stereocenters. The first-order chi connectivity index (χ1) is 9.15. The quantitative estimate of drug-likeness (QED) is 0.609. The van der Waals surface area contributed by atoms with E-state index in [-0.39, 0.29) is 0 Å². The minimum Gasteiger partial charge on any atom is -0.349 e. The second-order valence-corrected chi connectivity index (χ2v) is 4.86. The summed E-state index contributed by atoms with van der Waals surface area (Å²) in [4.78, 5) is 3.95. The van der Waals surface area contributed by atoms with Crippen LogP contribution in [0, 0.1) is 5.95 Å². The van der Waals surface area contributed by atoms with Crippen LogP contribution in [-0.2, 0) is 9.47 Å². The van der Waals surface area contributed by atoms with Crippen LogP contribution in [0.25, 0.3) is 10.9 Å². The fraction of sp³-hybridized carbons (Fsp3) is 0.357. The summed E-state index contributed by atoms with van der Waals surface area (Å²) < 4.78 is 25.8. The largest absolute Gasteiger partial charge is 0.349 e. The van der Waals surface area contributed by atoms with Crippen molar-refractivity contribution in [1.82, 2.24) is 4.98 Å². The number of hydrogen-bond donors (Lipinski definition) is 0. The van der Waals surface area contributed by atoms with Crippen LogP contribution in [-0.4, -0.2) is 18.2 Å². The van der Waals surface area contributed by atoms with Gasteiger partial charge < -0.3 is 9.47 Å². The molecule has 0 fully saturated rings. The van der Waals surface area contributed by atoms with Gasteiger partial charge in [-0.15, -0.1) is 0 Å². The topological polar surface area (TPSA) is 31.4 Å². The fourth-order valence-electron chi connectivity index (χ4n) is 1.84. The van der Waals surface area contributed by atoms with E-state index in [0.29, 0.717) is 24.3 Å². The van der Waals surface area contributed by atoms with E-state index in [1.165, 1.54) is 0 Å². The molecule has 0 aliphatic carbocycles. The summed E-state index contributed by atoms with van der Waals surface area (Å²) in [7, 11) is 0. The molecule has 1 heterocycles. The Kier molecular flexibility index (Phi) is 4.85. The van der Waals surface area contributed by atoms with E-state index >= 15 is 0 Å². The van der Waals surface area contributed by atoms with Gasteiger partial charge in [-0.1, -0.05) is 15.9 Å². The first-order valence-corrected chi connectivity index (χ1v) is 6.94. The molecule has 0 aliphatic heterocycles. The highest BCUT2D eigenvalue weighted by Crippen LogP contribution is 2.26. The van der Waals surface area contributed by atoms with Crippen LogP contribution in [0.15, 0.2) is 28.7 Å². The molecule has 0 saturated heterocycles. The van der Waals surface area contributed by atoms with Crippen LogP contribution < -0.4 is 0 Å². The van der Waals surface area contributed by atoms with Gasteiger partial charge in [0, 0.05) is 23.1 Å². The second kappa shape index (κ2) is 6.41. The number of nitrogens with zero attached hydrogens (tertiary/aromatic N) is 1. The van der Waals surface area contributed by atoms with E-state index in [9.17, 15) is 4.39 Å². The average molecular weight is 328 g/mol. The van der Waals surface area contributed by atoms with Crippen molar-refractivity contribution in [3.05, 3.63) is 40.2 Å². The fourth-order valence-corrected chi connectivity index (χ4v) is 2.21. The van der Waals surface area contributed by atoms with Crippen molar-refractivity contribution in [2.24, 2.45) is 0 Å². The summed E-state index contributed by atoms with van der Waals surface area (Å²) >= 11 is 3.39. The molecule has 102 valence electrons. The molecule has 5 heteroatoms. The van der Waals surface area contributed by atoms with Crippen molar-refractivity contribution in [2.45, 2.75) is 20.1 Å². The molecule has 0 spiro atoms. The van der Waals surface area contributed by atoms with E-state index in [0.717, 1.165) is 9.86 Å². The van der Waals surface area contributed by atoms with Crippen LogP contribution in [0.2, 0.25) is 0 Å². The van der Waals surface area contributed by atoms with Gasteiger partial charge in [0.25, 0.3) is 0 Å². The SMILES string of the molecule is CCOC(OCC)c1cc2cc(Br)ccc2nc1F. The highest BCUT2D eigenvalue weighted by molar-refractivity contribution is 9.10. The predicted molar refractivity (Wildman–Crippen MR) is 75.4 cm³/mol. The summed E-state index contributed by atoms with van der Waals surface area (Å²) in [5.74, 6) is -0.554. The van der Waals surface area contributed by atoms with Gasteiger partial charge in [-0.3, -0.25) is 0 Å². The van der Waals surface area contributed by atoms with Gasteiger partial charge in [0.15, 0.2) is 6.29 Å². The summed E-state index contributed by atoms with van der Waals surface area (Å²) in [6.45, 7) is 4.57. The molecular weight excluding hydrogens is 313 g/mol. The van der Waals surface area contributed by atoms with Crippen molar-refractivity contribution in [2.75, 3.05) is 13.2 Å². The third-order valence-corrected chi connectivity index (χ3v) is 3.14. The third kappa shape index (κ3) is 3.29. The molecule has 0 unspecified atom stereocenters. The Hall–Kier alpha value is -1.04. The summed E-state index contributed by atoms with van der Waals surface area (Å²) in [6.07, 6.45) is -0.717. The summed E-state index contributed by atoms with van der Waals surface area (Å²) in [5.41, 5.74) is 0.936. The molecule has 1 aromatic carbocycles. The Morgan fingerprint density at radius 3 is 2.53 bits per heavy atom. The van der Waals surface area contributed by atoms with Crippen molar-refractivity contribution >= 4 is 26.8 Å². The Morgan fingerprint density at radius 2 is 1.89 bits per heavy atom. The minimum atomic E-state index is -0.717. The number of pyridine rings is 1. The zero-order valence-electron chi connectivity index (χ0n) is 10.8. The smallest absolute Gasteiger partial charge is 0.221 e. The second-order valence-electron chi connectivity index (χ2n) is 3.95. The van der Waals surface area contributed by atoms with Crippen molar-refractivity contribution < 1.29 is 13.9 Å². The van der Waals surface area contributed by atoms with Gasteiger partial charge in [0.2, 0.25) is 5.95 Å². The maximum atomic E-state index is 14.0. The molecule has 0 aliphatic rings. The molecule has 0 amide bonds. The Balaban J connectivity index is 2.48. The van der Waals surface area contributed by atoms with Crippen LogP contribution in [0.4, 0.5) is 4.39 Å². The highest BCUT2D eigenvalue weighted by atomic mass is 79.9. The van der Waals surface area contributed by atoms with Crippen LogP contribution in [0.1, 0.15) is 25.7 Å². The zero-order chi connectivity index (χ0) is 13.8. The third-order valence-electron chi connectivity index (χ3n) is 2.65. The lowest BCUT2D eigenvalue weighted by Crippen LogP contribution is -2.11. The van der Waals surface area contributed by atoms with E-state index in [2.05, 4.69) is 20.9 Å². The van der Waals surface area contributed by atoms with Crippen molar-refractivity contribution in [3.8, 4) is 0 Å². The summed E-state index contributed by atoms with van der Waals surface area (Å²) in [5, 5.41) is 0.843. The number of rotatable bonds is 5. The number of aromatic nitrogens is 1. The summed E-state index contributed by atoms with van der Waals surface area (Å²) in [6, 6.07) is 7.21. The number of halogens is 2. The lowest BCUT2D eigenvalue weighted by Gasteiger charge is -2.17. The lowest BCUT2D eigenvalue weighted by molar-refractivity contribution is -0.142. The number of hydrogen-bond acceptors (Lipinski definition) is 3. The average Bonchev–Trinajstić information content (AvgIpc) is 2.38. The monoisotopic (exact) mass is 327 g/mol. The van der Waals surface area contributed by atoms with Crippen LogP contribution >= 0.6 is 15.9 Å². The molecule has 3 nitrogen and oxygen atoms in total. The number of ether oxygens (including phenoxy) is 2. The van der Waals surface area contributed by atoms with Crippen molar-refractivity contribution in [3.63, 3.8) is 0 Å². The maximum Gasteiger partial charge on any atom is 0.221 e. The molecule has 2 rings (SSSR count). The molecule has 19 heavy (non-hydrogen) atoms. The van der Waals surface area contributed by atoms with Crippen LogP contribution in [0.5, 0.6) is 0 Å². The Labute approximate surface area is 119 Å². The Bertz CT molecular complexity index is 571. The van der Waals surface area contributed by atoms with Gasteiger partial charge in [-0.05, 0) is 38.1 Å². The number of fused-ring (bicyclic) bond motifs is 1. The molecule has 1 aromatic heterocycles. The molecule has 0 saturated carbocycles. The molecule has 0 N–H and O–H groups in total. The van der Waals surface area contributed by atoms with Gasteiger partial charge in [-0.25, -0.2) is 4.98 Å². The lowest BCUT2D eigenvalue weighted by atomic mass is 10.1. The zero-order valence-corrected chi connectivity index (χ0v) is 12.4.